The summed E-state index contributed by atoms with van der Waals surface area (Å²) >= 11 is 0. The van der Waals surface area contributed by atoms with Crippen molar-refractivity contribution in [1.82, 2.24) is 4.90 Å². The molecule has 1 fully saturated rings. The molecule has 120 valence electrons. The maximum absolute atomic E-state index is 12.3. The highest BCUT2D eigenvalue weighted by Crippen LogP contribution is 2.28. The number of ketones is 1. The Morgan fingerprint density at radius 2 is 1.52 bits per heavy atom. The highest BCUT2D eigenvalue weighted by molar-refractivity contribution is 5.96. The molecule has 0 radical (unpaired) electrons. The largest absolute Gasteiger partial charge is 0.389 e. The number of Topliss-reactive ketones (excluding diaryl/α,β-unsaturated/α-hetero) is 1. The van der Waals surface area contributed by atoms with E-state index in [2.05, 4.69) is 17.0 Å². The lowest BCUT2D eigenvalue weighted by Gasteiger charge is -2.38. The summed E-state index contributed by atoms with van der Waals surface area (Å²) in [7, 11) is 0. The molecule has 1 heterocycles. The van der Waals surface area contributed by atoms with Gasteiger partial charge in [-0.2, -0.15) is 0 Å². The van der Waals surface area contributed by atoms with Gasteiger partial charge in [-0.15, -0.1) is 0 Å². The lowest BCUT2D eigenvalue weighted by molar-refractivity contribution is -0.0241. The van der Waals surface area contributed by atoms with Gasteiger partial charge >= 0.3 is 0 Å². The smallest absolute Gasteiger partial charge is 0.165 e. The minimum atomic E-state index is -0.861. The van der Waals surface area contributed by atoms with Gasteiger partial charge in [0.05, 0.1) is 5.60 Å². The van der Waals surface area contributed by atoms with E-state index in [0.717, 1.165) is 19.6 Å². The van der Waals surface area contributed by atoms with E-state index in [1.54, 1.807) is 0 Å². The van der Waals surface area contributed by atoms with Crippen LogP contribution in [0.3, 0.4) is 0 Å². The maximum atomic E-state index is 12.3. The molecule has 2 aromatic carbocycles. The van der Waals surface area contributed by atoms with Crippen LogP contribution in [-0.4, -0.2) is 34.5 Å². The number of carbonyl (C=O) groups excluding carboxylic acids is 1. The Labute approximate surface area is 137 Å². The fourth-order valence-corrected chi connectivity index (χ4v) is 3.17. The molecule has 3 rings (SSSR count). The van der Waals surface area contributed by atoms with E-state index < -0.39 is 5.60 Å². The highest BCUT2D eigenvalue weighted by Gasteiger charge is 2.34. The van der Waals surface area contributed by atoms with Gasteiger partial charge < -0.3 is 5.11 Å². The van der Waals surface area contributed by atoms with Crippen molar-refractivity contribution in [3.05, 3.63) is 71.8 Å². The lowest BCUT2D eigenvalue weighted by Crippen LogP contribution is -2.45. The molecule has 1 N–H and O–H groups in total. The van der Waals surface area contributed by atoms with Gasteiger partial charge in [-0.05, 0) is 18.4 Å². The third kappa shape index (κ3) is 4.27. The fraction of sp³-hybridized carbons (Fsp3) is 0.350. The summed E-state index contributed by atoms with van der Waals surface area (Å²) < 4.78 is 0. The van der Waals surface area contributed by atoms with Crippen LogP contribution in [0, 0.1) is 0 Å². The predicted octanol–water partition coefficient (Wildman–Crippen LogP) is 3.29. The second-order valence-electron chi connectivity index (χ2n) is 6.45. The summed E-state index contributed by atoms with van der Waals surface area (Å²) in [6, 6.07) is 19.6. The zero-order valence-electron chi connectivity index (χ0n) is 13.3. The maximum Gasteiger partial charge on any atom is 0.165 e. The SMILES string of the molecule is O=C(CC1(O)CCN(Cc2ccccc2)CC1)c1ccccc1. The van der Waals surface area contributed by atoms with Gasteiger partial charge in [0, 0.05) is 31.6 Å². The summed E-state index contributed by atoms with van der Waals surface area (Å²) in [5, 5.41) is 10.7. The Morgan fingerprint density at radius 3 is 2.13 bits per heavy atom. The number of rotatable bonds is 5. The quantitative estimate of drug-likeness (QED) is 0.862. The van der Waals surface area contributed by atoms with Crippen LogP contribution < -0.4 is 0 Å². The Morgan fingerprint density at radius 1 is 0.957 bits per heavy atom. The first-order valence-electron chi connectivity index (χ1n) is 8.22. The molecule has 0 aliphatic carbocycles. The molecule has 3 heteroatoms. The molecule has 2 aromatic rings. The Balaban J connectivity index is 1.54. The molecule has 1 aliphatic heterocycles. The van der Waals surface area contributed by atoms with Gasteiger partial charge in [0.15, 0.2) is 5.78 Å². The molecule has 0 aromatic heterocycles. The number of hydrogen-bond donors (Lipinski definition) is 1. The summed E-state index contributed by atoms with van der Waals surface area (Å²) in [5.41, 5.74) is 1.12. The molecule has 1 saturated heterocycles. The minimum absolute atomic E-state index is 0.0320. The lowest BCUT2D eigenvalue weighted by atomic mass is 9.85. The van der Waals surface area contributed by atoms with Gasteiger partial charge in [-0.25, -0.2) is 0 Å². The number of piperidine rings is 1. The van der Waals surface area contributed by atoms with E-state index >= 15 is 0 Å². The van der Waals surface area contributed by atoms with Crippen LogP contribution in [0.25, 0.3) is 0 Å². The van der Waals surface area contributed by atoms with Crippen LogP contribution in [0.15, 0.2) is 60.7 Å². The molecule has 0 atom stereocenters. The van der Waals surface area contributed by atoms with E-state index in [0.29, 0.717) is 18.4 Å². The van der Waals surface area contributed by atoms with E-state index in [1.807, 2.05) is 48.5 Å². The summed E-state index contributed by atoms with van der Waals surface area (Å²) in [6.45, 7) is 2.56. The van der Waals surface area contributed by atoms with Crippen LogP contribution >= 0.6 is 0 Å². The first-order chi connectivity index (χ1) is 11.1. The van der Waals surface area contributed by atoms with Crippen molar-refractivity contribution >= 4 is 5.78 Å². The zero-order chi connectivity index (χ0) is 16.1. The Hall–Kier alpha value is -1.97. The van der Waals surface area contributed by atoms with E-state index in [1.165, 1.54) is 5.56 Å². The van der Waals surface area contributed by atoms with E-state index in [4.69, 9.17) is 0 Å². The first kappa shape index (κ1) is 15.9. The highest BCUT2D eigenvalue weighted by atomic mass is 16.3. The molecule has 3 nitrogen and oxygen atoms in total. The van der Waals surface area contributed by atoms with Crippen molar-refractivity contribution in [2.45, 2.75) is 31.4 Å². The number of nitrogens with zero attached hydrogens (tertiary/aromatic N) is 1. The second kappa shape index (κ2) is 7.07. The van der Waals surface area contributed by atoms with Crippen molar-refractivity contribution < 1.29 is 9.90 Å². The summed E-state index contributed by atoms with van der Waals surface area (Å²) in [5.74, 6) is 0.0320. The topological polar surface area (TPSA) is 40.5 Å². The van der Waals surface area contributed by atoms with E-state index in [9.17, 15) is 9.90 Å². The van der Waals surface area contributed by atoms with Gasteiger partial charge in [-0.3, -0.25) is 9.69 Å². The fourth-order valence-electron chi connectivity index (χ4n) is 3.17. The van der Waals surface area contributed by atoms with Crippen molar-refractivity contribution in [1.29, 1.82) is 0 Å². The minimum Gasteiger partial charge on any atom is -0.389 e. The molecule has 0 amide bonds. The molecule has 0 spiro atoms. The van der Waals surface area contributed by atoms with E-state index in [-0.39, 0.29) is 12.2 Å². The average molecular weight is 309 g/mol. The van der Waals surface area contributed by atoms with Crippen molar-refractivity contribution in [2.24, 2.45) is 0 Å². The van der Waals surface area contributed by atoms with Crippen LogP contribution in [0.2, 0.25) is 0 Å². The molecule has 23 heavy (non-hydrogen) atoms. The number of likely N-dealkylation sites (tertiary alicyclic amines) is 1. The zero-order valence-corrected chi connectivity index (χ0v) is 13.3. The normalized spacial score (nSPS) is 17.8. The van der Waals surface area contributed by atoms with Crippen molar-refractivity contribution in [3.8, 4) is 0 Å². The number of aliphatic hydroxyl groups is 1. The third-order valence-electron chi connectivity index (χ3n) is 4.62. The molecular formula is C20H23NO2. The van der Waals surface area contributed by atoms with Crippen LogP contribution in [0.1, 0.15) is 35.2 Å². The van der Waals surface area contributed by atoms with Gasteiger partial charge in [0.1, 0.15) is 0 Å². The third-order valence-corrected chi connectivity index (χ3v) is 4.62. The molecule has 1 aliphatic rings. The second-order valence-corrected chi connectivity index (χ2v) is 6.45. The summed E-state index contributed by atoms with van der Waals surface area (Å²) in [4.78, 5) is 14.7. The number of carbonyl (C=O) groups is 1. The standard InChI is InChI=1S/C20H23NO2/c22-19(18-9-5-2-6-10-18)15-20(23)11-13-21(14-12-20)16-17-7-3-1-4-8-17/h1-10,23H,11-16H2. The molecule has 0 bridgehead atoms. The molecule has 0 saturated carbocycles. The average Bonchev–Trinajstić information content (AvgIpc) is 2.59. The number of benzene rings is 2. The monoisotopic (exact) mass is 309 g/mol. The van der Waals surface area contributed by atoms with Crippen LogP contribution in [0.5, 0.6) is 0 Å². The van der Waals surface area contributed by atoms with Gasteiger partial charge in [0.25, 0.3) is 0 Å². The molecular weight excluding hydrogens is 286 g/mol. The molecule has 0 unspecified atom stereocenters. The number of hydrogen-bond acceptors (Lipinski definition) is 3. The summed E-state index contributed by atoms with van der Waals surface area (Å²) in [6.07, 6.45) is 1.52. The van der Waals surface area contributed by atoms with Gasteiger partial charge in [-0.1, -0.05) is 60.7 Å². The van der Waals surface area contributed by atoms with Crippen molar-refractivity contribution in [3.63, 3.8) is 0 Å². The Bertz CT molecular complexity index is 631. The first-order valence-corrected chi connectivity index (χ1v) is 8.22. The van der Waals surface area contributed by atoms with Crippen LogP contribution in [-0.2, 0) is 6.54 Å². The van der Waals surface area contributed by atoms with Crippen LogP contribution in [0.4, 0.5) is 0 Å². The Kier molecular flexibility index (Phi) is 4.89. The van der Waals surface area contributed by atoms with Gasteiger partial charge in [0.2, 0.25) is 0 Å². The van der Waals surface area contributed by atoms with Crippen molar-refractivity contribution in [2.75, 3.05) is 13.1 Å². The predicted molar refractivity (Wildman–Crippen MR) is 91.3 cm³/mol.